The average molecular weight is 202 g/mol. The minimum atomic E-state index is -0.338. The molecule has 1 fully saturated rings. The number of hydrogen-bond acceptors (Lipinski definition) is 2. The smallest absolute Gasteiger partial charge is 0.294 e. The van der Waals surface area contributed by atoms with Crippen LogP contribution >= 0.6 is 0 Å². The molecule has 4 nitrogen and oxygen atoms in total. The molecule has 0 aliphatic carbocycles. The molecule has 76 valence electrons. The standard InChI is InChI=1S/C10H11BN2O2/c11-7-1-3-8(4-2-7)13-6-5-9(14)12-10(13)15/h1-4H,5-6,11H2,(H,12,14,15). The summed E-state index contributed by atoms with van der Waals surface area (Å²) >= 11 is 0. The van der Waals surface area contributed by atoms with Crippen LogP contribution in [0.3, 0.4) is 0 Å². The number of rotatable bonds is 1. The number of urea groups is 1. The number of carbonyl (C=O) groups excluding carboxylic acids is 2. The van der Waals surface area contributed by atoms with Crippen molar-refractivity contribution in [1.29, 1.82) is 0 Å². The summed E-state index contributed by atoms with van der Waals surface area (Å²) in [6, 6.07) is 7.31. The number of hydrogen-bond donors (Lipinski definition) is 1. The zero-order valence-corrected chi connectivity index (χ0v) is 8.49. The molecular weight excluding hydrogens is 191 g/mol. The monoisotopic (exact) mass is 202 g/mol. The molecule has 15 heavy (non-hydrogen) atoms. The van der Waals surface area contributed by atoms with Crippen LogP contribution in [0.5, 0.6) is 0 Å². The highest BCUT2D eigenvalue weighted by atomic mass is 16.2. The Balaban J connectivity index is 2.20. The van der Waals surface area contributed by atoms with Crippen LogP contribution in [0.25, 0.3) is 0 Å². The molecular formula is C10H11BN2O2. The molecule has 0 aromatic heterocycles. The molecule has 1 aromatic rings. The van der Waals surface area contributed by atoms with E-state index in [9.17, 15) is 9.59 Å². The highest BCUT2D eigenvalue weighted by molar-refractivity contribution is 6.32. The quantitative estimate of drug-likeness (QED) is 0.617. The predicted molar refractivity (Wildman–Crippen MR) is 60.1 cm³/mol. The van der Waals surface area contributed by atoms with Gasteiger partial charge in [-0.25, -0.2) is 4.79 Å². The molecule has 2 rings (SSSR count). The van der Waals surface area contributed by atoms with Crippen molar-refractivity contribution in [3.8, 4) is 0 Å². The van der Waals surface area contributed by atoms with Gasteiger partial charge in [-0.2, -0.15) is 0 Å². The first-order chi connectivity index (χ1) is 7.16. The third kappa shape index (κ3) is 2.01. The van der Waals surface area contributed by atoms with Crippen molar-refractivity contribution in [2.24, 2.45) is 0 Å². The Kier molecular flexibility index (Phi) is 2.45. The number of anilines is 1. The largest absolute Gasteiger partial charge is 0.328 e. The van der Waals surface area contributed by atoms with E-state index in [0.29, 0.717) is 13.0 Å². The van der Waals surface area contributed by atoms with E-state index >= 15 is 0 Å². The summed E-state index contributed by atoms with van der Waals surface area (Å²) in [5.41, 5.74) is 1.97. The molecule has 1 aliphatic rings. The Morgan fingerprint density at radius 1 is 1.20 bits per heavy atom. The van der Waals surface area contributed by atoms with Gasteiger partial charge in [-0.15, -0.1) is 0 Å². The zero-order chi connectivity index (χ0) is 10.8. The van der Waals surface area contributed by atoms with Crippen molar-refractivity contribution in [2.45, 2.75) is 6.42 Å². The number of benzene rings is 1. The van der Waals surface area contributed by atoms with Crippen molar-refractivity contribution in [2.75, 3.05) is 11.4 Å². The second-order valence-corrected chi connectivity index (χ2v) is 3.59. The fourth-order valence-electron chi connectivity index (χ4n) is 1.54. The lowest BCUT2D eigenvalue weighted by atomic mass is 9.96. The molecule has 5 heteroatoms. The van der Waals surface area contributed by atoms with E-state index in [4.69, 9.17) is 0 Å². The number of carbonyl (C=O) groups is 2. The van der Waals surface area contributed by atoms with E-state index in [-0.39, 0.29) is 11.9 Å². The highest BCUT2D eigenvalue weighted by Gasteiger charge is 2.23. The van der Waals surface area contributed by atoms with Gasteiger partial charge >= 0.3 is 6.03 Å². The summed E-state index contributed by atoms with van der Waals surface area (Å²) in [7, 11) is 1.99. The molecule has 3 amide bonds. The molecule has 0 radical (unpaired) electrons. The zero-order valence-electron chi connectivity index (χ0n) is 8.49. The molecule has 0 bridgehead atoms. The molecule has 1 heterocycles. The molecule has 1 aliphatic heterocycles. The first-order valence-corrected chi connectivity index (χ1v) is 4.85. The van der Waals surface area contributed by atoms with Crippen molar-refractivity contribution in [3.63, 3.8) is 0 Å². The molecule has 1 N–H and O–H groups in total. The van der Waals surface area contributed by atoms with Gasteiger partial charge in [-0.3, -0.25) is 15.0 Å². The Bertz CT molecular complexity index is 402. The van der Waals surface area contributed by atoms with E-state index in [2.05, 4.69) is 5.32 Å². The third-order valence-corrected chi connectivity index (χ3v) is 2.40. The molecule has 0 atom stereocenters. The Morgan fingerprint density at radius 3 is 2.47 bits per heavy atom. The Morgan fingerprint density at radius 2 is 1.87 bits per heavy atom. The van der Waals surface area contributed by atoms with E-state index in [1.165, 1.54) is 0 Å². The summed E-state index contributed by atoms with van der Waals surface area (Å²) in [6.07, 6.45) is 0.361. The van der Waals surface area contributed by atoms with Crippen LogP contribution in [0.4, 0.5) is 10.5 Å². The SMILES string of the molecule is Bc1ccc(N2CCC(=O)NC2=O)cc1. The summed E-state index contributed by atoms with van der Waals surface area (Å²) in [6.45, 7) is 0.452. The van der Waals surface area contributed by atoms with E-state index in [1.807, 2.05) is 32.1 Å². The lowest BCUT2D eigenvalue weighted by Gasteiger charge is -2.26. The number of amides is 3. The average Bonchev–Trinajstić information content (AvgIpc) is 2.20. The van der Waals surface area contributed by atoms with Gasteiger partial charge in [-0.05, 0) is 12.1 Å². The maximum Gasteiger partial charge on any atom is 0.328 e. The van der Waals surface area contributed by atoms with Gasteiger partial charge in [0, 0.05) is 18.7 Å². The van der Waals surface area contributed by atoms with Crippen LogP contribution in [0.2, 0.25) is 0 Å². The Labute approximate surface area is 88.7 Å². The fraction of sp³-hybridized carbons (Fsp3) is 0.200. The first kappa shape index (κ1) is 9.77. The maximum absolute atomic E-state index is 11.5. The second-order valence-electron chi connectivity index (χ2n) is 3.59. The van der Waals surface area contributed by atoms with Crippen molar-refractivity contribution in [1.82, 2.24) is 5.32 Å². The van der Waals surface area contributed by atoms with Crippen molar-refractivity contribution in [3.05, 3.63) is 24.3 Å². The predicted octanol–water partition coefficient (Wildman–Crippen LogP) is -0.609. The van der Waals surface area contributed by atoms with Gasteiger partial charge in [-0.1, -0.05) is 17.6 Å². The lowest BCUT2D eigenvalue weighted by molar-refractivity contribution is -0.120. The van der Waals surface area contributed by atoms with E-state index in [1.54, 1.807) is 4.90 Å². The fourth-order valence-corrected chi connectivity index (χ4v) is 1.54. The van der Waals surface area contributed by atoms with Crippen LogP contribution in [0, 0.1) is 0 Å². The van der Waals surface area contributed by atoms with Gasteiger partial charge in [0.15, 0.2) is 0 Å². The van der Waals surface area contributed by atoms with Crippen LogP contribution < -0.4 is 15.7 Å². The number of imide groups is 1. The van der Waals surface area contributed by atoms with Gasteiger partial charge in [0.2, 0.25) is 5.91 Å². The van der Waals surface area contributed by atoms with Gasteiger partial charge < -0.3 is 0 Å². The first-order valence-electron chi connectivity index (χ1n) is 4.85. The van der Waals surface area contributed by atoms with Gasteiger partial charge in [0.05, 0.1) is 0 Å². The summed E-state index contributed by atoms with van der Waals surface area (Å²) in [5.74, 6) is -0.205. The topological polar surface area (TPSA) is 49.4 Å². The summed E-state index contributed by atoms with van der Waals surface area (Å²) in [5, 5.41) is 2.29. The molecule has 0 spiro atoms. The molecule has 0 saturated carbocycles. The molecule has 1 aromatic carbocycles. The second kappa shape index (κ2) is 3.77. The van der Waals surface area contributed by atoms with Crippen molar-refractivity contribution < 1.29 is 9.59 Å². The third-order valence-electron chi connectivity index (χ3n) is 2.40. The lowest BCUT2D eigenvalue weighted by Crippen LogP contribution is -2.49. The van der Waals surface area contributed by atoms with Crippen LogP contribution in [0.15, 0.2) is 24.3 Å². The van der Waals surface area contributed by atoms with Crippen LogP contribution in [-0.2, 0) is 4.79 Å². The highest BCUT2D eigenvalue weighted by Crippen LogP contribution is 2.14. The van der Waals surface area contributed by atoms with Gasteiger partial charge in [0.1, 0.15) is 7.85 Å². The van der Waals surface area contributed by atoms with E-state index in [0.717, 1.165) is 11.2 Å². The van der Waals surface area contributed by atoms with Crippen LogP contribution in [0.1, 0.15) is 6.42 Å². The van der Waals surface area contributed by atoms with Crippen LogP contribution in [-0.4, -0.2) is 26.3 Å². The maximum atomic E-state index is 11.5. The Hall–Kier alpha value is -1.78. The number of nitrogens with one attached hydrogen (secondary N) is 1. The molecule has 1 saturated heterocycles. The number of nitrogens with zero attached hydrogens (tertiary/aromatic N) is 1. The molecule has 0 unspecified atom stereocenters. The summed E-state index contributed by atoms with van der Waals surface area (Å²) in [4.78, 5) is 24.0. The van der Waals surface area contributed by atoms with Crippen molar-refractivity contribution >= 4 is 30.9 Å². The van der Waals surface area contributed by atoms with Gasteiger partial charge in [0.25, 0.3) is 0 Å². The summed E-state index contributed by atoms with van der Waals surface area (Å²) < 4.78 is 0. The van der Waals surface area contributed by atoms with E-state index < -0.39 is 0 Å². The minimum Gasteiger partial charge on any atom is -0.294 e. The normalized spacial score (nSPS) is 16.4. The minimum absolute atomic E-state index is 0.205.